The van der Waals surface area contributed by atoms with Gasteiger partial charge in [-0.25, -0.2) is 9.37 Å². The van der Waals surface area contributed by atoms with Crippen molar-refractivity contribution in [3.05, 3.63) is 40.7 Å². The third-order valence-corrected chi connectivity index (χ3v) is 8.48. The first-order valence-electron chi connectivity index (χ1n) is 12.5. The van der Waals surface area contributed by atoms with Gasteiger partial charge in [-0.3, -0.25) is 9.69 Å². The van der Waals surface area contributed by atoms with Crippen molar-refractivity contribution < 1.29 is 18.8 Å². The molecule has 2 aliphatic heterocycles. The fourth-order valence-corrected chi connectivity index (χ4v) is 6.68. The molecule has 3 aliphatic rings. The molecule has 0 unspecified atom stereocenters. The number of hydrogen-bond donors (Lipinski definition) is 1. The minimum atomic E-state index is -0.406. The zero-order chi connectivity index (χ0) is 24.4. The second-order valence-electron chi connectivity index (χ2n) is 10.2. The lowest BCUT2D eigenvalue weighted by Crippen LogP contribution is -2.46. The molecule has 1 aliphatic carbocycles. The summed E-state index contributed by atoms with van der Waals surface area (Å²) >= 11 is 1.54. The predicted molar refractivity (Wildman–Crippen MR) is 134 cm³/mol. The molecule has 2 fully saturated rings. The van der Waals surface area contributed by atoms with Gasteiger partial charge in [0.15, 0.2) is 5.13 Å². The van der Waals surface area contributed by atoms with Crippen LogP contribution in [0, 0.1) is 17.7 Å². The van der Waals surface area contributed by atoms with Gasteiger partial charge >= 0.3 is 0 Å². The van der Waals surface area contributed by atoms with Crippen molar-refractivity contribution in [2.45, 2.75) is 63.5 Å². The number of ether oxygens (including phenoxy) is 1. The number of nitrogens with two attached hydrogens (primary N) is 1. The third kappa shape index (κ3) is 5.51. The Morgan fingerprint density at radius 3 is 2.94 bits per heavy atom. The van der Waals surface area contributed by atoms with Crippen LogP contribution in [-0.4, -0.2) is 47.2 Å². The van der Waals surface area contributed by atoms with Crippen LogP contribution >= 0.6 is 11.3 Å². The maximum Gasteiger partial charge on any atom is 0.180 e. The number of piperidine rings is 1. The summed E-state index contributed by atoms with van der Waals surface area (Å²) in [6, 6.07) is 4.53. The van der Waals surface area contributed by atoms with Crippen molar-refractivity contribution >= 4 is 28.0 Å². The van der Waals surface area contributed by atoms with Crippen molar-refractivity contribution in [3.63, 3.8) is 0 Å². The number of oxime groups is 1. The molecule has 35 heavy (non-hydrogen) atoms. The van der Waals surface area contributed by atoms with Crippen LogP contribution in [0.15, 0.2) is 29.6 Å². The maximum atomic E-state index is 13.8. The van der Waals surface area contributed by atoms with Gasteiger partial charge in [-0.2, -0.15) is 0 Å². The molecule has 0 amide bonds. The van der Waals surface area contributed by atoms with Crippen molar-refractivity contribution in [1.29, 1.82) is 0 Å². The van der Waals surface area contributed by atoms with E-state index in [1.54, 1.807) is 17.4 Å². The Balaban J connectivity index is 1.17. The van der Waals surface area contributed by atoms with Crippen molar-refractivity contribution in [2.75, 3.05) is 25.9 Å². The number of anilines is 1. The highest BCUT2D eigenvalue weighted by atomic mass is 32.1. The number of halogens is 1. The number of nitrogen functional groups attached to an aromatic ring is 1. The second kappa shape index (κ2) is 10.2. The standard InChI is InChI=1S/C26H33FN4O3S/c1-33-30-22-13-26(34-24-5-4-19(27)12-21(22)24)8-6-18(7-9-26)23(32)11-17-3-2-10-31(15-17)16-20-14-29-25(28)35-20/h4-5,12,14,17-18H,2-3,6-11,13,15-16H2,1H3,(H2,28,29)/b30-22+/t17-,18?,26?/m0/s1. The first kappa shape index (κ1) is 24.2. The Bertz CT molecular complexity index is 1100. The van der Waals surface area contributed by atoms with Crippen molar-refractivity contribution in [2.24, 2.45) is 17.0 Å². The number of hydrogen-bond acceptors (Lipinski definition) is 8. The van der Waals surface area contributed by atoms with E-state index in [1.165, 1.54) is 24.1 Å². The minimum Gasteiger partial charge on any atom is -0.486 e. The molecule has 1 aromatic carbocycles. The number of nitrogens with zero attached hydrogens (tertiary/aromatic N) is 3. The number of thiazole rings is 1. The van der Waals surface area contributed by atoms with Gasteiger partial charge in [-0.15, -0.1) is 11.3 Å². The van der Waals surface area contributed by atoms with Crippen LogP contribution in [0.25, 0.3) is 0 Å². The molecule has 2 aromatic rings. The Hall–Kier alpha value is -2.52. The maximum absolute atomic E-state index is 13.8. The van der Waals surface area contributed by atoms with Crippen LogP contribution < -0.4 is 10.5 Å². The molecule has 1 saturated carbocycles. The fourth-order valence-electron chi connectivity index (χ4n) is 5.95. The Kier molecular flexibility index (Phi) is 7.07. The molecule has 1 spiro atoms. The van der Waals surface area contributed by atoms with E-state index in [1.807, 2.05) is 6.20 Å². The van der Waals surface area contributed by atoms with Crippen LogP contribution in [0.4, 0.5) is 9.52 Å². The van der Waals surface area contributed by atoms with Gasteiger partial charge < -0.3 is 15.3 Å². The zero-order valence-electron chi connectivity index (χ0n) is 20.2. The van der Waals surface area contributed by atoms with E-state index < -0.39 is 5.60 Å². The van der Waals surface area contributed by atoms with E-state index in [9.17, 15) is 9.18 Å². The topological polar surface area (TPSA) is 90.0 Å². The minimum absolute atomic E-state index is 0.0818. The van der Waals surface area contributed by atoms with Crippen LogP contribution in [0.1, 0.15) is 61.8 Å². The number of benzene rings is 1. The van der Waals surface area contributed by atoms with E-state index >= 15 is 0 Å². The molecular weight excluding hydrogens is 467 g/mol. The molecule has 3 heterocycles. The summed E-state index contributed by atoms with van der Waals surface area (Å²) in [7, 11) is 1.50. The lowest BCUT2D eigenvalue weighted by Gasteiger charge is -2.43. The number of Topliss-reactive ketones (excluding diaryl/α,β-unsaturated/α-hetero) is 1. The van der Waals surface area contributed by atoms with E-state index in [0.717, 1.165) is 58.2 Å². The van der Waals surface area contributed by atoms with Crippen molar-refractivity contribution in [3.8, 4) is 5.75 Å². The average Bonchev–Trinajstić information content (AvgIpc) is 3.25. The number of carbonyl (C=O) groups excluding carboxylic acids is 1. The van der Waals surface area contributed by atoms with E-state index in [2.05, 4.69) is 15.0 Å². The van der Waals surface area contributed by atoms with E-state index in [0.29, 0.717) is 46.7 Å². The highest BCUT2D eigenvalue weighted by Crippen LogP contribution is 2.44. The summed E-state index contributed by atoms with van der Waals surface area (Å²) in [6.45, 7) is 2.87. The smallest absolute Gasteiger partial charge is 0.180 e. The molecule has 0 radical (unpaired) electrons. The van der Waals surface area contributed by atoms with E-state index in [4.69, 9.17) is 15.3 Å². The van der Waals surface area contributed by atoms with Gasteiger partial charge in [0, 0.05) is 48.5 Å². The SMILES string of the molecule is CO/N=C1\CC2(CCC(C(=O)C[C@@H]3CCCN(Cc4cnc(N)s4)C3)CC2)Oc2ccc(F)cc21. The summed E-state index contributed by atoms with van der Waals surface area (Å²) in [5.41, 5.74) is 6.73. The van der Waals surface area contributed by atoms with Gasteiger partial charge in [0.2, 0.25) is 0 Å². The van der Waals surface area contributed by atoms with E-state index in [-0.39, 0.29) is 11.7 Å². The summed E-state index contributed by atoms with van der Waals surface area (Å²) < 4.78 is 20.2. The number of rotatable bonds is 6. The Morgan fingerprint density at radius 1 is 1.37 bits per heavy atom. The van der Waals surface area contributed by atoms with Gasteiger partial charge in [-0.05, 0) is 69.2 Å². The molecular formula is C26H33FN4O3S. The van der Waals surface area contributed by atoms with Gasteiger partial charge in [0.05, 0.1) is 5.71 Å². The first-order valence-corrected chi connectivity index (χ1v) is 13.3. The summed E-state index contributed by atoms with van der Waals surface area (Å²) in [6.07, 6.45) is 8.50. The lowest BCUT2D eigenvalue weighted by molar-refractivity contribution is -0.126. The Labute approximate surface area is 209 Å². The van der Waals surface area contributed by atoms with Crippen LogP contribution in [0.5, 0.6) is 5.75 Å². The summed E-state index contributed by atoms with van der Waals surface area (Å²) in [5, 5.41) is 4.78. The van der Waals surface area contributed by atoms with Crippen LogP contribution in [-0.2, 0) is 16.2 Å². The van der Waals surface area contributed by atoms with Crippen LogP contribution in [0.2, 0.25) is 0 Å². The van der Waals surface area contributed by atoms with Crippen molar-refractivity contribution in [1.82, 2.24) is 9.88 Å². The van der Waals surface area contributed by atoms with Crippen LogP contribution in [0.3, 0.4) is 0 Å². The molecule has 0 bridgehead atoms. The number of likely N-dealkylation sites (tertiary alicyclic amines) is 1. The molecule has 7 nitrogen and oxygen atoms in total. The molecule has 188 valence electrons. The summed E-state index contributed by atoms with van der Waals surface area (Å²) in [4.78, 5) is 26.0. The largest absolute Gasteiger partial charge is 0.486 e. The molecule has 1 atom stereocenters. The predicted octanol–water partition coefficient (Wildman–Crippen LogP) is 4.80. The Morgan fingerprint density at radius 2 is 2.20 bits per heavy atom. The number of fused-ring (bicyclic) bond motifs is 1. The number of ketones is 1. The highest BCUT2D eigenvalue weighted by molar-refractivity contribution is 7.15. The normalized spacial score (nSPS) is 28.0. The molecule has 1 aromatic heterocycles. The first-order chi connectivity index (χ1) is 16.9. The van der Waals surface area contributed by atoms with Gasteiger partial charge in [-0.1, -0.05) is 5.16 Å². The van der Waals surface area contributed by atoms with Gasteiger partial charge in [0.25, 0.3) is 0 Å². The lowest BCUT2D eigenvalue weighted by atomic mass is 9.72. The summed E-state index contributed by atoms with van der Waals surface area (Å²) in [5.74, 6) is 1.20. The fraction of sp³-hybridized carbons (Fsp3) is 0.577. The third-order valence-electron chi connectivity index (χ3n) is 7.67. The molecule has 5 rings (SSSR count). The second-order valence-corrected chi connectivity index (χ2v) is 11.3. The average molecular weight is 501 g/mol. The monoisotopic (exact) mass is 500 g/mol. The zero-order valence-corrected chi connectivity index (χ0v) is 21.0. The molecule has 2 N–H and O–H groups in total. The van der Waals surface area contributed by atoms with Gasteiger partial charge in [0.1, 0.15) is 30.1 Å². The number of carbonyl (C=O) groups is 1. The molecule has 9 heteroatoms. The molecule has 1 saturated heterocycles. The highest BCUT2D eigenvalue weighted by Gasteiger charge is 2.44. The number of aromatic nitrogens is 1. The quantitative estimate of drug-likeness (QED) is 0.573.